The lowest BCUT2D eigenvalue weighted by Gasteiger charge is -2.03. The second-order valence-electron chi connectivity index (χ2n) is 2.72. The summed E-state index contributed by atoms with van der Waals surface area (Å²) in [5.74, 6) is -0.187. The van der Waals surface area contributed by atoms with Crippen LogP contribution in [0.2, 0.25) is 0 Å². The van der Waals surface area contributed by atoms with Gasteiger partial charge in [-0.25, -0.2) is 14.2 Å². The zero-order valence-electron chi connectivity index (χ0n) is 8.10. The molecule has 0 fully saturated rings. The summed E-state index contributed by atoms with van der Waals surface area (Å²) in [6.45, 7) is 4.20. The second kappa shape index (κ2) is 5.11. The van der Waals surface area contributed by atoms with Crippen LogP contribution >= 0.6 is 0 Å². The fourth-order valence-electron chi connectivity index (χ4n) is 0.975. The lowest BCUT2D eigenvalue weighted by atomic mass is 10.6. The van der Waals surface area contributed by atoms with E-state index in [2.05, 4.69) is 16.5 Å². The predicted octanol–water partition coefficient (Wildman–Crippen LogP) is -1.28. The lowest BCUT2D eigenvalue weighted by molar-refractivity contribution is 0.151. The molecule has 0 bridgehead atoms. The molecular weight excluding hydrogens is 200 g/mol. The molecule has 0 saturated heterocycles. The Bertz CT molecular complexity index is 417. The van der Waals surface area contributed by atoms with Gasteiger partial charge in [-0.1, -0.05) is 6.08 Å². The van der Waals surface area contributed by atoms with E-state index in [1.54, 1.807) is 6.08 Å². The van der Waals surface area contributed by atoms with Gasteiger partial charge in [-0.2, -0.15) is 4.98 Å². The minimum atomic E-state index is -0.682. The maximum absolute atomic E-state index is 11.2. The molecule has 3 N–H and O–H groups in total. The monoisotopic (exact) mass is 212 g/mol. The molecule has 0 unspecified atom stereocenters. The number of nitrogens with one attached hydrogen (secondary N) is 1. The summed E-state index contributed by atoms with van der Waals surface area (Å²) in [6.07, 6.45) is 1.58. The fraction of sp³-hybridized carbons (Fsp3) is 0.375. The molecule has 15 heavy (non-hydrogen) atoms. The van der Waals surface area contributed by atoms with E-state index in [0.717, 1.165) is 4.57 Å². The van der Waals surface area contributed by atoms with Crippen LogP contribution in [0.25, 0.3) is 0 Å². The van der Waals surface area contributed by atoms with Crippen molar-refractivity contribution in [3.8, 4) is 0 Å². The number of H-pyrrole nitrogens is 1. The summed E-state index contributed by atoms with van der Waals surface area (Å²) in [7, 11) is 0. The van der Waals surface area contributed by atoms with E-state index in [-0.39, 0.29) is 19.1 Å². The third-order valence-electron chi connectivity index (χ3n) is 1.62. The standard InChI is InChI=1S/C8H12N4O3/c1-2-4-15-5-3-12-7(13)10-6(9)11-8(12)14/h2H,1,3-5H2,(H3,9,10,11,13,14). The number of aromatic amines is 1. The molecule has 0 aliphatic rings. The van der Waals surface area contributed by atoms with Gasteiger partial charge in [0.25, 0.3) is 0 Å². The molecule has 0 aliphatic heterocycles. The summed E-state index contributed by atoms with van der Waals surface area (Å²) in [5, 5.41) is 0. The molecule has 0 spiro atoms. The van der Waals surface area contributed by atoms with E-state index in [4.69, 9.17) is 10.5 Å². The van der Waals surface area contributed by atoms with Gasteiger partial charge < -0.3 is 10.5 Å². The van der Waals surface area contributed by atoms with Gasteiger partial charge in [0.15, 0.2) is 0 Å². The first-order valence-electron chi connectivity index (χ1n) is 4.30. The first-order chi connectivity index (χ1) is 7.15. The van der Waals surface area contributed by atoms with E-state index in [9.17, 15) is 9.59 Å². The Kier molecular flexibility index (Phi) is 3.81. The Morgan fingerprint density at radius 1 is 1.60 bits per heavy atom. The number of anilines is 1. The zero-order chi connectivity index (χ0) is 11.3. The number of hydrogen-bond donors (Lipinski definition) is 2. The van der Waals surface area contributed by atoms with Crippen LogP contribution in [0.15, 0.2) is 22.2 Å². The number of aromatic nitrogens is 3. The van der Waals surface area contributed by atoms with E-state index in [1.165, 1.54) is 0 Å². The first kappa shape index (κ1) is 11.2. The van der Waals surface area contributed by atoms with Crippen LogP contribution < -0.4 is 17.1 Å². The van der Waals surface area contributed by atoms with Crippen LogP contribution in [-0.4, -0.2) is 27.7 Å². The van der Waals surface area contributed by atoms with Gasteiger partial charge in [-0.05, 0) is 0 Å². The third-order valence-corrected chi connectivity index (χ3v) is 1.62. The second-order valence-corrected chi connectivity index (χ2v) is 2.72. The molecule has 0 atom stereocenters. The molecule has 0 amide bonds. The van der Waals surface area contributed by atoms with Gasteiger partial charge in [-0.15, -0.1) is 6.58 Å². The van der Waals surface area contributed by atoms with E-state index in [1.807, 2.05) is 0 Å². The summed E-state index contributed by atoms with van der Waals surface area (Å²) in [6, 6.07) is 0. The molecule has 0 aromatic carbocycles. The molecule has 1 rings (SSSR count). The van der Waals surface area contributed by atoms with Crippen LogP contribution in [0.4, 0.5) is 5.95 Å². The highest BCUT2D eigenvalue weighted by Gasteiger charge is 2.02. The predicted molar refractivity (Wildman–Crippen MR) is 54.5 cm³/mol. The number of nitrogen functional groups attached to an aromatic ring is 1. The Balaban J connectivity index is 2.73. The van der Waals surface area contributed by atoms with Crippen molar-refractivity contribution in [3.05, 3.63) is 33.6 Å². The molecule has 0 saturated carbocycles. The molecule has 7 heteroatoms. The van der Waals surface area contributed by atoms with Crippen molar-refractivity contribution >= 4 is 5.95 Å². The number of nitrogens with two attached hydrogens (primary N) is 1. The van der Waals surface area contributed by atoms with Gasteiger partial charge in [-0.3, -0.25) is 4.98 Å². The van der Waals surface area contributed by atoms with Crippen molar-refractivity contribution in [2.75, 3.05) is 18.9 Å². The smallest absolute Gasteiger partial charge is 0.354 e. The Labute approximate surface area is 85.2 Å². The summed E-state index contributed by atoms with van der Waals surface area (Å²) < 4.78 is 5.95. The first-order valence-corrected chi connectivity index (χ1v) is 4.30. The molecule has 1 heterocycles. The van der Waals surface area contributed by atoms with Crippen LogP contribution in [0.3, 0.4) is 0 Å². The highest BCUT2D eigenvalue weighted by molar-refractivity contribution is 5.09. The highest BCUT2D eigenvalue weighted by atomic mass is 16.5. The maximum Gasteiger partial charge on any atom is 0.354 e. The van der Waals surface area contributed by atoms with E-state index >= 15 is 0 Å². The molecule has 1 aromatic heterocycles. The molecule has 0 radical (unpaired) electrons. The fourth-order valence-corrected chi connectivity index (χ4v) is 0.975. The van der Waals surface area contributed by atoms with Gasteiger partial charge in [0, 0.05) is 0 Å². The van der Waals surface area contributed by atoms with Gasteiger partial charge in [0.1, 0.15) is 0 Å². The highest BCUT2D eigenvalue weighted by Crippen LogP contribution is 1.80. The SMILES string of the molecule is C=CCOCCn1c(=O)nc(N)[nH]c1=O. The molecule has 1 aromatic rings. The third kappa shape index (κ3) is 3.06. The van der Waals surface area contributed by atoms with Crippen molar-refractivity contribution < 1.29 is 4.74 Å². The van der Waals surface area contributed by atoms with Crippen molar-refractivity contribution in [1.29, 1.82) is 0 Å². The molecule has 0 aliphatic carbocycles. The number of nitrogens with zero attached hydrogens (tertiary/aromatic N) is 2. The van der Waals surface area contributed by atoms with Gasteiger partial charge in [0.05, 0.1) is 19.8 Å². The van der Waals surface area contributed by atoms with Crippen molar-refractivity contribution in [2.24, 2.45) is 0 Å². The van der Waals surface area contributed by atoms with Crippen LogP contribution in [-0.2, 0) is 11.3 Å². The Hall–Kier alpha value is -1.89. The zero-order valence-corrected chi connectivity index (χ0v) is 8.10. The van der Waals surface area contributed by atoms with Crippen LogP contribution in [0, 0.1) is 0 Å². The van der Waals surface area contributed by atoms with E-state index < -0.39 is 11.4 Å². The van der Waals surface area contributed by atoms with Gasteiger partial charge >= 0.3 is 11.4 Å². The average molecular weight is 212 g/mol. The largest absolute Gasteiger partial charge is 0.376 e. The lowest BCUT2D eigenvalue weighted by Crippen LogP contribution is -2.38. The van der Waals surface area contributed by atoms with Crippen molar-refractivity contribution in [1.82, 2.24) is 14.5 Å². The number of rotatable bonds is 5. The van der Waals surface area contributed by atoms with Gasteiger partial charge in [0.2, 0.25) is 5.95 Å². The molecular formula is C8H12N4O3. The normalized spacial score (nSPS) is 10.1. The summed E-state index contributed by atoms with van der Waals surface area (Å²) in [5.41, 5.74) is 3.91. The Morgan fingerprint density at radius 2 is 2.33 bits per heavy atom. The summed E-state index contributed by atoms with van der Waals surface area (Å²) >= 11 is 0. The van der Waals surface area contributed by atoms with E-state index in [0.29, 0.717) is 6.61 Å². The van der Waals surface area contributed by atoms with Crippen LogP contribution in [0.5, 0.6) is 0 Å². The minimum absolute atomic E-state index is 0.134. The number of ether oxygens (including phenoxy) is 1. The molecule has 7 nitrogen and oxygen atoms in total. The van der Waals surface area contributed by atoms with Crippen LogP contribution in [0.1, 0.15) is 0 Å². The summed E-state index contributed by atoms with van der Waals surface area (Å²) in [4.78, 5) is 28.0. The minimum Gasteiger partial charge on any atom is -0.376 e. The van der Waals surface area contributed by atoms with Crippen molar-refractivity contribution in [2.45, 2.75) is 6.54 Å². The average Bonchev–Trinajstić information content (AvgIpc) is 2.15. The quantitative estimate of drug-likeness (QED) is 0.467. The molecule has 82 valence electrons. The Morgan fingerprint density at radius 3 is 2.93 bits per heavy atom. The maximum atomic E-state index is 11.2. The number of hydrogen-bond acceptors (Lipinski definition) is 5. The van der Waals surface area contributed by atoms with Crippen molar-refractivity contribution in [3.63, 3.8) is 0 Å². The topological polar surface area (TPSA) is 103 Å².